The largest absolute Gasteiger partial charge is 0.456 e. The summed E-state index contributed by atoms with van der Waals surface area (Å²) in [6.07, 6.45) is 1.72. The van der Waals surface area contributed by atoms with Gasteiger partial charge in [-0.15, -0.1) is 5.10 Å². The van der Waals surface area contributed by atoms with E-state index < -0.39 is 5.97 Å². The van der Waals surface area contributed by atoms with Crippen LogP contribution in [0.1, 0.15) is 28.1 Å². The summed E-state index contributed by atoms with van der Waals surface area (Å²) in [5, 5.41) is 11.4. The van der Waals surface area contributed by atoms with E-state index in [0.29, 0.717) is 5.82 Å². The highest BCUT2D eigenvalue weighted by Gasteiger charge is 2.18. The Balaban J connectivity index is 1.87. The van der Waals surface area contributed by atoms with E-state index in [-0.39, 0.29) is 12.3 Å². The number of tetrazole rings is 1. The maximum absolute atomic E-state index is 12.8. The van der Waals surface area contributed by atoms with Crippen LogP contribution >= 0.6 is 0 Å². The normalized spacial score (nSPS) is 11.4. The third-order valence-corrected chi connectivity index (χ3v) is 4.03. The second-order valence-corrected chi connectivity index (χ2v) is 6.08. The first-order valence-electron chi connectivity index (χ1n) is 8.30. The molecule has 1 aromatic heterocycles. The number of ether oxygens (including phenoxy) is 1. The minimum atomic E-state index is -0.481. The van der Waals surface area contributed by atoms with Gasteiger partial charge >= 0.3 is 5.97 Å². The molecule has 0 aliphatic carbocycles. The zero-order chi connectivity index (χ0) is 18.5. The topological polar surface area (TPSA) is 69.9 Å². The first-order valence-corrected chi connectivity index (χ1v) is 8.30. The number of carbonyl (C=O) groups excluding carboxylic acids is 1. The van der Waals surface area contributed by atoms with Gasteiger partial charge in [0.15, 0.2) is 11.5 Å². The average molecular weight is 348 g/mol. The van der Waals surface area contributed by atoms with Crippen LogP contribution in [0.3, 0.4) is 0 Å². The van der Waals surface area contributed by atoms with Gasteiger partial charge in [0.1, 0.15) is 6.61 Å². The Bertz CT molecular complexity index is 945. The maximum Gasteiger partial charge on any atom is 0.357 e. The second-order valence-electron chi connectivity index (χ2n) is 6.08. The van der Waals surface area contributed by atoms with Crippen molar-refractivity contribution in [1.29, 1.82) is 0 Å². The van der Waals surface area contributed by atoms with E-state index in [9.17, 15) is 4.79 Å². The van der Waals surface area contributed by atoms with Crippen LogP contribution < -0.4 is 0 Å². The molecule has 132 valence electrons. The number of benzene rings is 2. The smallest absolute Gasteiger partial charge is 0.357 e. The number of carbonyl (C=O) groups is 1. The maximum atomic E-state index is 12.8. The number of aromatic nitrogens is 4. The summed E-state index contributed by atoms with van der Waals surface area (Å²) in [5.41, 5.74) is 4.31. The Kier molecular flexibility index (Phi) is 5.22. The van der Waals surface area contributed by atoms with Crippen molar-refractivity contribution in [3.8, 4) is 0 Å². The molecule has 0 fully saturated rings. The van der Waals surface area contributed by atoms with Crippen LogP contribution in [-0.2, 0) is 16.1 Å². The van der Waals surface area contributed by atoms with Crippen LogP contribution in [0.2, 0.25) is 0 Å². The average Bonchev–Trinajstić information content (AvgIpc) is 3.06. The monoisotopic (exact) mass is 348 g/mol. The number of aryl methyl sites for hydroxylation is 3. The van der Waals surface area contributed by atoms with Crippen LogP contribution in [-0.4, -0.2) is 26.2 Å². The Labute approximate surface area is 152 Å². The molecule has 2 aromatic carbocycles. The van der Waals surface area contributed by atoms with E-state index in [4.69, 9.17) is 4.74 Å². The predicted molar refractivity (Wildman–Crippen MR) is 98.9 cm³/mol. The van der Waals surface area contributed by atoms with Crippen LogP contribution in [0, 0.1) is 20.8 Å². The molecule has 0 radical (unpaired) electrons. The molecule has 0 saturated heterocycles. The zero-order valence-corrected chi connectivity index (χ0v) is 15.0. The van der Waals surface area contributed by atoms with Gasteiger partial charge in [0, 0.05) is 0 Å². The van der Waals surface area contributed by atoms with Crippen LogP contribution in [0.15, 0.2) is 48.5 Å². The summed E-state index contributed by atoms with van der Waals surface area (Å²) in [4.78, 5) is 12.8. The first-order chi connectivity index (χ1) is 12.5. The van der Waals surface area contributed by atoms with Crippen LogP contribution in [0.5, 0.6) is 0 Å². The van der Waals surface area contributed by atoms with Gasteiger partial charge in [-0.25, -0.2) is 4.79 Å². The van der Waals surface area contributed by atoms with E-state index in [1.807, 2.05) is 62.4 Å². The molecule has 6 heteroatoms. The lowest BCUT2D eigenvalue weighted by molar-refractivity contribution is -0.138. The molecule has 0 spiro atoms. The Hall–Kier alpha value is -3.28. The quantitative estimate of drug-likeness (QED) is 0.522. The van der Waals surface area contributed by atoms with Crippen molar-refractivity contribution in [3.63, 3.8) is 0 Å². The fourth-order valence-corrected chi connectivity index (χ4v) is 2.54. The number of hydrogen-bond donors (Lipinski definition) is 0. The summed E-state index contributed by atoms with van der Waals surface area (Å²) in [6.45, 7) is 5.93. The number of esters is 1. The standard InChI is InChI=1S/C20H20N4O2/c1-14-9-10-15(2)18(11-14)13-26-20(25)19(24-16(3)21-22-23-24)12-17-7-5-4-6-8-17/h4-12H,13H2,1-3H3/b19-12-. The fourth-order valence-electron chi connectivity index (χ4n) is 2.54. The van der Waals surface area contributed by atoms with Gasteiger partial charge in [0.05, 0.1) is 0 Å². The van der Waals surface area contributed by atoms with Crippen molar-refractivity contribution in [1.82, 2.24) is 20.2 Å². The van der Waals surface area contributed by atoms with Crippen molar-refractivity contribution in [2.75, 3.05) is 0 Å². The van der Waals surface area contributed by atoms with Gasteiger partial charge in [0.25, 0.3) is 0 Å². The Morgan fingerprint density at radius 3 is 2.58 bits per heavy atom. The van der Waals surface area contributed by atoms with Gasteiger partial charge in [-0.2, -0.15) is 4.68 Å². The molecule has 0 aliphatic rings. The Morgan fingerprint density at radius 2 is 1.88 bits per heavy atom. The van der Waals surface area contributed by atoms with E-state index in [1.54, 1.807) is 13.0 Å². The molecule has 0 unspecified atom stereocenters. The molecule has 0 amide bonds. The summed E-state index contributed by atoms with van der Waals surface area (Å²) in [5.74, 6) is 0.0287. The van der Waals surface area contributed by atoms with E-state index in [1.165, 1.54) is 4.68 Å². The third kappa shape index (κ3) is 4.03. The highest BCUT2D eigenvalue weighted by atomic mass is 16.5. The van der Waals surface area contributed by atoms with Gasteiger partial charge in [-0.1, -0.05) is 54.1 Å². The van der Waals surface area contributed by atoms with Gasteiger partial charge in [0.2, 0.25) is 0 Å². The number of nitrogens with zero attached hydrogens (tertiary/aromatic N) is 4. The zero-order valence-electron chi connectivity index (χ0n) is 15.0. The summed E-state index contributed by atoms with van der Waals surface area (Å²) >= 11 is 0. The molecule has 3 aromatic rings. The lowest BCUT2D eigenvalue weighted by Gasteiger charge is -2.11. The predicted octanol–water partition coefficient (Wildman–Crippen LogP) is 3.34. The molecule has 0 aliphatic heterocycles. The second kappa shape index (κ2) is 7.74. The lowest BCUT2D eigenvalue weighted by Crippen LogP contribution is -2.15. The molecular weight excluding hydrogens is 328 g/mol. The minimum absolute atomic E-state index is 0.194. The van der Waals surface area contributed by atoms with E-state index in [2.05, 4.69) is 15.5 Å². The number of hydrogen-bond acceptors (Lipinski definition) is 5. The van der Waals surface area contributed by atoms with E-state index in [0.717, 1.165) is 22.3 Å². The molecule has 6 nitrogen and oxygen atoms in total. The number of rotatable bonds is 5. The van der Waals surface area contributed by atoms with Crippen LogP contribution in [0.25, 0.3) is 11.8 Å². The SMILES string of the molecule is Cc1ccc(C)c(COC(=O)/C(=C/c2ccccc2)n2nnnc2C)c1. The van der Waals surface area contributed by atoms with Crippen molar-refractivity contribution in [3.05, 3.63) is 76.6 Å². The van der Waals surface area contributed by atoms with Crippen LogP contribution in [0.4, 0.5) is 0 Å². The van der Waals surface area contributed by atoms with E-state index >= 15 is 0 Å². The molecule has 3 rings (SSSR count). The highest BCUT2D eigenvalue weighted by molar-refractivity contribution is 6.15. The molecule has 1 heterocycles. The van der Waals surface area contributed by atoms with Gasteiger partial charge < -0.3 is 4.74 Å². The Morgan fingerprint density at radius 1 is 1.12 bits per heavy atom. The minimum Gasteiger partial charge on any atom is -0.456 e. The van der Waals surface area contributed by atoms with Crippen molar-refractivity contribution in [2.24, 2.45) is 0 Å². The highest BCUT2D eigenvalue weighted by Crippen LogP contribution is 2.16. The third-order valence-electron chi connectivity index (χ3n) is 4.03. The molecule has 0 saturated carbocycles. The van der Waals surface area contributed by atoms with Crippen molar-refractivity contribution in [2.45, 2.75) is 27.4 Å². The summed E-state index contributed by atoms with van der Waals surface area (Å²) in [6, 6.07) is 15.6. The fraction of sp³-hybridized carbons (Fsp3) is 0.200. The van der Waals surface area contributed by atoms with Gasteiger partial charge in [-0.05, 0) is 54.0 Å². The molecule has 0 N–H and O–H groups in total. The summed E-state index contributed by atoms with van der Waals surface area (Å²) < 4.78 is 6.94. The molecule has 0 bridgehead atoms. The molecule has 26 heavy (non-hydrogen) atoms. The molecular formula is C20H20N4O2. The van der Waals surface area contributed by atoms with Gasteiger partial charge in [-0.3, -0.25) is 0 Å². The van der Waals surface area contributed by atoms with Crippen molar-refractivity contribution >= 4 is 17.7 Å². The lowest BCUT2D eigenvalue weighted by atomic mass is 10.1. The molecule has 0 atom stereocenters. The summed E-state index contributed by atoms with van der Waals surface area (Å²) in [7, 11) is 0. The van der Waals surface area contributed by atoms with Crippen molar-refractivity contribution < 1.29 is 9.53 Å². The first kappa shape index (κ1) is 17.5.